The molecular weight excluding hydrogens is 1350 g/mol. The summed E-state index contributed by atoms with van der Waals surface area (Å²) in [6.07, 6.45) is 13.1. The number of aldehydes is 1. The Morgan fingerprint density at radius 2 is 0.903 bits per heavy atom. The summed E-state index contributed by atoms with van der Waals surface area (Å²) in [5.74, 6) is 2.59. The number of aliphatic hydroxyl groups is 2. The van der Waals surface area contributed by atoms with Crippen LogP contribution in [0, 0.1) is 34.0 Å². The molecule has 0 unspecified atom stereocenters. The molecule has 0 aliphatic carbocycles. The van der Waals surface area contributed by atoms with Gasteiger partial charge in [-0.3, -0.25) is 4.79 Å². The quantitative estimate of drug-likeness (QED) is 0.0120. The highest BCUT2D eigenvalue weighted by molar-refractivity contribution is 6.18. The Bertz CT molecular complexity index is 3900. The Hall–Kier alpha value is -9.68. The minimum absolute atomic E-state index is 0.106. The average molecular weight is 1450 g/mol. The van der Waals surface area contributed by atoms with E-state index in [-0.39, 0.29) is 26.2 Å². The predicted molar refractivity (Wildman–Crippen MR) is 407 cm³/mol. The Morgan fingerprint density at radius 3 is 1.30 bits per heavy atom. The van der Waals surface area contributed by atoms with Crippen LogP contribution in [0.3, 0.4) is 0 Å². The topological polar surface area (TPSA) is 318 Å². The van der Waals surface area contributed by atoms with Crippen molar-refractivity contribution in [3.05, 3.63) is 180 Å². The lowest BCUT2D eigenvalue weighted by Gasteiger charge is -2.19. The second-order valence-corrected chi connectivity index (χ2v) is 23.6. The molecule has 0 aliphatic heterocycles. The maximum absolute atomic E-state index is 11.9. The molecule has 25 heteroatoms. The standard InChI is InChI=1S/C30H37ClN4O5.C19H17N3O2.C10H22ClNO2.C10H13NO2.C9H6N2O/c1-35(16-19-39-30(36)33-15-18-38-21-20-37-17-7-3-2-6-14-31)26-12-10-24(11-13-26)22-25(23-32)29-34-27-8-4-5-9-28(27)40-29;1-22(10-11-23)16-8-6-14(7-9-16)12-15(13-20)19-21-17-4-2-3-5-18(17)24-19;11-5-3-1-2-4-7-13-9-10-14-8-6-12;1-11(6-7-12)10-4-2-9(8-13)3-5-10;10-6-5-9-11-7-3-1-2-4-8(7)12-9/h4-5,8-13,22H,2-3,6-7,14-21H2,1H3,(H,33,36);2-9,12,23H,10-11H2,1H3;1-10,12H2;2-5,8,12H,6-7H2,1H3;1-4H,5H2/b25-22+;15-12+;;;. The van der Waals surface area contributed by atoms with Crippen LogP contribution in [0.2, 0.25) is 0 Å². The van der Waals surface area contributed by atoms with Crippen LogP contribution < -0.4 is 25.8 Å². The third-order valence-corrected chi connectivity index (χ3v) is 15.5. The number of oxazole rings is 3. The summed E-state index contributed by atoms with van der Waals surface area (Å²) in [5.41, 5.74) is 15.6. The number of carbonyl (C=O) groups is 2. The molecule has 3 heterocycles. The third kappa shape index (κ3) is 32.9. The maximum Gasteiger partial charge on any atom is 0.407 e. The van der Waals surface area contributed by atoms with Crippen molar-refractivity contribution in [2.75, 3.05) is 153 Å². The molecule has 103 heavy (non-hydrogen) atoms. The Balaban J connectivity index is 0.000000255. The number of alkyl carbamates (subject to hydrolysis) is 1. The summed E-state index contributed by atoms with van der Waals surface area (Å²) >= 11 is 11.2. The molecule has 5 N–H and O–H groups in total. The Kier molecular flexibility index (Phi) is 42.0. The zero-order valence-corrected chi connectivity index (χ0v) is 60.5. The predicted octanol–water partition coefficient (Wildman–Crippen LogP) is 13.8. The van der Waals surface area contributed by atoms with E-state index in [0.29, 0.717) is 123 Å². The zero-order valence-electron chi connectivity index (χ0n) is 59.0. The van der Waals surface area contributed by atoms with Crippen molar-refractivity contribution in [3.8, 4) is 18.2 Å². The van der Waals surface area contributed by atoms with Gasteiger partial charge in [-0.05, 0) is 134 Å². The fraction of sp³-hybridized carbons (Fsp3) is 0.385. The fourth-order valence-corrected chi connectivity index (χ4v) is 9.76. The number of alkyl halides is 2. The largest absolute Gasteiger partial charge is 0.448 e. The number of rotatable bonds is 39. The average Bonchev–Trinajstić information content (AvgIpc) is 1.70. The number of benzene rings is 6. The van der Waals surface area contributed by atoms with Gasteiger partial charge in [-0.2, -0.15) is 15.8 Å². The number of nitrogens with zero attached hydrogens (tertiary/aromatic N) is 9. The van der Waals surface area contributed by atoms with Gasteiger partial charge in [-0.15, -0.1) is 23.2 Å². The first-order valence-corrected chi connectivity index (χ1v) is 35.3. The van der Waals surface area contributed by atoms with Crippen molar-refractivity contribution < 1.29 is 56.7 Å². The summed E-state index contributed by atoms with van der Waals surface area (Å²) < 4.78 is 43.4. The number of ether oxygens (including phenoxy) is 5. The van der Waals surface area contributed by atoms with Gasteiger partial charge in [-0.25, -0.2) is 19.7 Å². The van der Waals surface area contributed by atoms with E-state index in [1.165, 1.54) is 12.8 Å². The molecule has 23 nitrogen and oxygen atoms in total. The lowest BCUT2D eigenvalue weighted by atomic mass is 10.1. The normalized spacial score (nSPS) is 10.9. The van der Waals surface area contributed by atoms with Gasteiger partial charge in [0, 0.05) is 94.9 Å². The molecule has 3 aromatic heterocycles. The zero-order chi connectivity index (χ0) is 73.9. The summed E-state index contributed by atoms with van der Waals surface area (Å²) in [7, 11) is 5.73. The number of nitrogens with two attached hydrogens (primary N) is 1. The van der Waals surface area contributed by atoms with Gasteiger partial charge in [0.1, 0.15) is 59.1 Å². The number of unbranched alkanes of at least 4 members (excludes halogenated alkanes) is 6. The van der Waals surface area contributed by atoms with Crippen molar-refractivity contribution in [3.63, 3.8) is 0 Å². The van der Waals surface area contributed by atoms with E-state index in [4.69, 9.17) is 81.3 Å². The lowest BCUT2D eigenvalue weighted by molar-refractivity contribution is 0.0469. The highest BCUT2D eigenvalue weighted by atomic mass is 35.5. The van der Waals surface area contributed by atoms with E-state index >= 15 is 0 Å². The van der Waals surface area contributed by atoms with E-state index < -0.39 is 6.09 Å². The van der Waals surface area contributed by atoms with Gasteiger partial charge in [0.25, 0.3) is 0 Å². The van der Waals surface area contributed by atoms with E-state index in [2.05, 4.69) is 32.4 Å². The number of aromatic nitrogens is 3. The number of aliphatic hydroxyl groups excluding tert-OH is 2. The molecule has 0 spiro atoms. The molecule has 0 aliphatic rings. The number of fused-ring (bicyclic) bond motifs is 3. The highest BCUT2D eigenvalue weighted by Crippen LogP contribution is 2.26. The molecule has 9 aromatic rings. The van der Waals surface area contributed by atoms with Crippen LogP contribution in [0.4, 0.5) is 21.9 Å². The van der Waals surface area contributed by atoms with Crippen molar-refractivity contribution in [1.82, 2.24) is 20.3 Å². The summed E-state index contributed by atoms with van der Waals surface area (Å²) in [5, 5.41) is 47.8. The van der Waals surface area contributed by atoms with E-state index in [9.17, 15) is 20.1 Å². The van der Waals surface area contributed by atoms with Crippen LogP contribution in [-0.4, -0.2) is 176 Å². The molecule has 9 rings (SSSR count). The first-order valence-electron chi connectivity index (χ1n) is 34.2. The number of hydrogen-bond donors (Lipinski definition) is 4. The first kappa shape index (κ1) is 84.0. The SMILES string of the molecule is CN(CCO)c1ccc(/C=C(\C#N)c2nc3ccccc3o2)cc1.CN(CCO)c1ccc(C=O)cc1.CN(CCOC(=O)NCCOCCOCCCCCCCl)c1ccc(/C=C(\C#N)c2nc3ccccc3o2)cc1.N#CCc1nc2ccccc2o1.NCCOCCOCCCCCCCl. The van der Waals surface area contributed by atoms with Gasteiger partial charge in [0.2, 0.25) is 17.7 Å². The second-order valence-electron chi connectivity index (χ2n) is 22.8. The van der Waals surface area contributed by atoms with E-state index in [1.807, 2.05) is 175 Å². The Labute approximate surface area is 613 Å². The van der Waals surface area contributed by atoms with Gasteiger partial charge in [0.15, 0.2) is 16.7 Å². The van der Waals surface area contributed by atoms with Crippen molar-refractivity contribution in [2.24, 2.45) is 5.73 Å². The molecule has 0 saturated heterocycles. The number of para-hydroxylation sites is 6. The molecule has 0 bridgehead atoms. The van der Waals surface area contributed by atoms with E-state index in [1.54, 1.807) is 24.3 Å². The summed E-state index contributed by atoms with van der Waals surface area (Å²) in [6.45, 7) is 8.06. The van der Waals surface area contributed by atoms with Gasteiger partial charge >= 0.3 is 6.09 Å². The van der Waals surface area contributed by atoms with Crippen LogP contribution >= 0.6 is 23.2 Å². The number of hydrogen-bond acceptors (Lipinski definition) is 22. The molecule has 6 aromatic carbocycles. The fourth-order valence-electron chi connectivity index (χ4n) is 9.38. The molecule has 548 valence electrons. The maximum atomic E-state index is 11.9. The molecule has 0 saturated carbocycles. The monoisotopic (exact) mass is 1450 g/mol. The first-order chi connectivity index (χ1) is 50.4. The molecule has 1 amide bonds. The van der Waals surface area contributed by atoms with Crippen molar-refractivity contribution in [2.45, 2.75) is 57.8 Å². The number of nitriles is 3. The summed E-state index contributed by atoms with van der Waals surface area (Å²) in [4.78, 5) is 41.0. The van der Waals surface area contributed by atoms with E-state index in [0.717, 1.165) is 115 Å². The van der Waals surface area contributed by atoms with Crippen LogP contribution in [0.15, 0.2) is 159 Å². The third-order valence-electron chi connectivity index (χ3n) is 15.0. The number of amides is 1. The van der Waals surface area contributed by atoms with Gasteiger partial charge in [-0.1, -0.05) is 86.3 Å². The van der Waals surface area contributed by atoms with Crippen molar-refractivity contribution >= 4 is 109 Å². The molecule has 0 atom stereocenters. The highest BCUT2D eigenvalue weighted by Gasteiger charge is 2.14. The Morgan fingerprint density at radius 1 is 0.505 bits per heavy atom. The van der Waals surface area contributed by atoms with Crippen LogP contribution in [0.5, 0.6) is 0 Å². The number of halogens is 2. The number of likely N-dealkylation sites (N-methyl/N-ethyl adjacent to an activating group) is 3. The number of anilines is 3. The minimum Gasteiger partial charge on any atom is -0.448 e. The smallest absolute Gasteiger partial charge is 0.407 e. The second kappa shape index (κ2) is 51.5. The van der Waals surface area contributed by atoms with Crippen LogP contribution in [-0.2, 0) is 30.1 Å². The lowest BCUT2D eigenvalue weighted by Crippen LogP contribution is -2.31. The number of carbonyl (C=O) groups excluding carboxylic acids is 2. The number of allylic oxidation sites excluding steroid dienone is 2. The summed E-state index contributed by atoms with van der Waals surface area (Å²) in [6, 6.07) is 51.3. The molecular formula is C78H95Cl2N11O12. The van der Waals surface area contributed by atoms with Crippen LogP contribution in [0.1, 0.15) is 90.5 Å². The van der Waals surface area contributed by atoms with Gasteiger partial charge in [0.05, 0.1) is 65.5 Å². The van der Waals surface area contributed by atoms with Gasteiger partial charge < -0.3 is 72.9 Å². The van der Waals surface area contributed by atoms with Crippen molar-refractivity contribution in [1.29, 1.82) is 15.8 Å². The number of nitrogens with one attached hydrogen (secondary N) is 1. The minimum atomic E-state index is -0.478. The van der Waals surface area contributed by atoms with Crippen LogP contribution in [0.25, 0.3) is 56.6 Å². The molecule has 0 fully saturated rings. The molecule has 0 radical (unpaired) electrons.